The molecule has 0 aliphatic rings. The molecule has 0 spiro atoms. The molecule has 0 radical (unpaired) electrons. The van der Waals surface area contributed by atoms with E-state index in [1.54, 1.807) is 0 Å². The fourth-order valence-corrected chi connectivity index (χ4v) is 3.53. The molecule has 0 saturated carbocycles. The van der Waals surface area contributed by atoms with Crippen LogP contribution in [0.1, 0.15) is 38.5 Å². The lowest BCUT2D eigenvalue weighted by Gasteiger charge is -2.08. The quantitative estimate of drug-likeness (QED) is 0.140. The summed E-state index contributed by atoms with van der Waals surface area (Å²) in [6.07, 6.45) is 6.09. The maximum absolute atomic E-state index is 12.0. The molecule has 3 aromatic carbocycles. The lowest BCUT2D eigenvalue weighted by molar-refractivity contribution is -0.134. The molecule has 0 aliphatic carbocycles. The Morgan fingerprint density at radius 1 is 0.800 bits per heavy atom. The van der Waals surface area contributed by atoms with Crippen molar-refractivity contribution in [1.29, 1.82) is 0 Å². The van der Waals surface area contributed by atoms with Crippen molar-refractivity contribution in [2.45, 2.75) is 38.5 Å². The van der Waals surface area contributed by atoms with E-state index in [9.17, 15) is 4.79 Å². The van der Waals surface area contributed by atoms with Crippen molar-refractivity contribution < 1.29 is 9.53 Å². The number of carbonyl (C=O) groups is 1. The molecule has 3 rings (SSSR count). The van der Waals surface area contributed by atoms with Crippen LogP contribution in [0.2, 0.25) is 0 Å². The Kier molecular flexibility index (Phi) is 6.46. The molecule has 0 unspecified atom stereocenters. The van der Waals surface area contributed by atoms with Crippen molar-refractivity contribution in [2.24, 2.45) is 0 Å². The van der Waals surface area contributed by atoms with Gasteiger partial charge >= 0.3 is 5.97 Å². The lowest BCUT2D eigenvalue weighted by atomic mass is 10.0. The predicted molar refractivity (Wildman–Crippen MR) is 109 cm³/mol. The van der Waals surface area contributed by atoms with Crippen LogP contribution in [0.3, 0.4) is 0 Å². The van der Waals surface area contributed by atoms with Crippen LogP contribution in [0.15, 0.2) is 54.6 Å². The van der Waals surface area contributed by atoms with Gasteiger partial charge in [0.05, 0.1) is 0 Å². The van der Waals surface area contributed by atoms with Crippen LogP contribution in [0, 0.1) is 0 Å². The van der Waals surface area contributed by atoms with E-state index in [0.717, 1.165) is 23.6 Å². The number of alkyl halides is 1. The highest BCUT2D eigenvalue weighted by atomic mass is 79.9. The standard InChI is InChI=1S/C22H23BrO2/c23-15-7-3-1-2-4-10-22(24)25-19-13-14-21-18(16-19)12-11-17-8-5-6-9-20(17)21/h5-6,8-9,11-14,16H,1-4,7,10,15H2. The van der Waals surface area contributed by atoms with Crippen LogP contribution < -0.4 is 4.74 Å². The highest BCUT2D eigenvalue weighted by Gasteiger charge is 2.07. The predicted octanol–water partition coefficient (Wildman–Crippen LogP) is 6.63. The SMILES string of the molecule is O=C(CCCCCCCBr)Oc1ccc2c(ccc3ccccc32)c1. The Bertz CT molecular complexity index is 857. The molecule has 3 heteroatoms. The highest BCUT2D eigenvalue weighted by Crippen LogP contribution is 2.28. The third kappa shape index (κ3) is 4.82. The van der Waals surface area contributed by atoms with Gasteiger partial charge in [0.15, 0.2) is 0 Å². The van der Waals surface area contributed by atoms with Crippen molar-refractivity contribution in [3.05, 3.63) is 54.6 Å². The summed E-state index contributed by atoms with van der Waals surface area (Å²) in [5, 5.41) is 5.79. The van der Waals surface area contributed by atoms with Gasteiger partial charge in [-0.3, -0.25) is 4.79 Å². The van der Waals surface area contributed by atoms with Crippen LogP contribution in [-0.4, -0.2) is 11.3 Å². The van der Waals surface area contributed by atoms with Gasteiger partial charge in [-0.05, 0) is 46.5 Å². The number of halogens is 1. The summed E-state index contributed by atoms with van der Waals surface area (Å²) in [6, 6.07) is 18.4. The second-order valence-electron chi connectivity index (χ2n) is 6.35. The summed E-state index contributed by atoms with van der Waals surface area (Å²) in [7, 11) is 0. The molecule has 0 aromatic heterocycles. The van der Waals surface area contributed by atoms with E-state index >= 15 is 0 Å². The number of hydrogen-bond acceptors (Lipinski definition) is 2. The van der Waals surface area contributed by atoms with Crippen LogP contribution in [0.25, 0.3) is 21.5 Å². The van der Waals surface area contributed by atoms with E-state index in [2.05, 4.69) is 40.2 Å². The first kappa shape index (κ1) is 17.9. The molecular weight excluding hydrogens is 376 g/mol. The number of hydrogen-bond donors (Lipinski definition) is 0. The maximum Gasteiger partial charge on any atom is 0.311 e. The monoisotopic (exact) mass is 398 g/mol. The van der Waals surface area contributed by atoms with Crippen molar-refractivity contribution in [2.75, 3.05) is 5.33 Å². The molecule has 0 bridgehead atoms. The van der Waals surface area contributed by atoms with Gasteiger partial charge in [0.2, 0.25) is 0 Å². The first-order valence-corrected chi connectivity index (χ1v) is 10.1. The van der Waals surface area contributed by atoms with Crippen LogP contribution in [0.5, 0.6) is 5.75 Å². The van der Waals surface area contributed by atoms with Gasteiger partial charge in [0.1, 0.15) is 5.75 Å². The van der Waals surface area contributed by atoms with E-state index in [1.807, 2.05) is 30.3 Å². The summed E-state index contributed by atoms with van der Waals surface area (Å²) >= 11 is 3.44. The molecule has 0 aliphatic heterocycles. The molecule has 130 valence electrons. The van der Waals surface area contributed by atoms with Gasteiger partial charge in [-0.15, -0.1) is 0 Å². The Hall–Kier alpha value is -1.87. The Morgan fingerprint density at radius 2 is 1.52 bits per heavy atom. The molecule has 0 fully saturated rings. The molecule has 0 saturated heterocycles. The highest BCUT2D eigenvalue weighted by molar-refractivity contribution is 9.09. The molecule has 2 nitrogen and oxygen atoms in total. The van der Waals surface area contributed by atoms with E-state index in [1.165, 1.54) is 35.4 Å². The molecule has 0 atom stereocenters. The van der Waals surface area contributed by atoms with Gasteiger partial charge < -0.3 is 4.74 Å². The van der Waals surface area contributed by atoms with Gasteiger partial charge in [-0.25, -0.2) is 0 Å². The average Bonchev–Trinajstić information content (AvgIpc) is 2.64. The van der Waals surface area contributed by atoms with Crippen LogP contribution in [0.4, 0.5) is 0 Å². The summed E-state index contributed by atoms with van der Waals surface area (Å²) in [6.45, 7) is 0. The minimum Gasteiger partial charge on any atom is -0.427 e. The summed E-state index contributed by atoms with van der Waals surface area (Å²) in [4.78, 5) is 12.0. The van der Waals surface area contributed by atoms with Gasteiger partial charge in [-0.2, -0.15) is 0 Å². The van der Waals surface area contributed by atoms with Gasteiger partial charge in [0.25, 0.3) is 0 Å². The van der Waals surface area contributed by atoms with Crippen LogP contribution in [-0.2, 0) is 4.79 Å². The number of rotatable bonds is 8. The first-order valence-electron chi connectivity index (χ1n) is 8.96. The van der Waals surface area contributed by atoms with E-state index < -0.39 is 0 Å². The fourth-order valence-electron chi connectivity index (χ4n) is 3.13. The smallest absolute Gasteiger partial charge is 0.311 e. The van der Waals surface area contributed by atoms with Crippen molar-refractivity contribution in [3.8, 4) is 5.75 Å². The Labute approximate surface area is 157 Å². The Balaban J connectivity index is 1.60. The summed E-state index contributed by atoms with van der Waals surface area (Å²) in [5.41, 5.74) is 0. The number of esters is 1. The van der Waals surface area contributed by atoms with Crippen molar-refractivity contribution in [3.63, 3.8) is 0 Å². The largest absolute Gasteiger partial charge is 0.427 e. The third-order valence-corrected chi connectivity index (χ3v) is 5.02. The van der Waals surface area contributed by atoms with Crippen molar-refractivity contribution in [1.82, 2.24) is 0 Å². The lowest BCUT2D eigenvalue weighted by Crippen LogP contribution is -2.07. The molecule has 3 aromatic rings. The molecule has 0 N–H and O–H groups in total. The third-order valence-electron chi connectivity index (χ3n) is 4.46. The average molecular weight is 399 g/mol. The molecule has 0 amide bonds. The zero-order chi connectivity index (χ0) is 17.5. The van der Waals surface area contributed by atoms with Gasteiger partial charge in [-0.1, -0.05) is 77.7 Å². The second-order valence-corrected chi connectivity index (χ2v) is 7.14. The number of carbonyl (C=O) groups excluding carboxylic acids is 1. The first-order chi connectivity index (χ1) is 12.3. The van der Waals surface area contributed by atoms with E-state index in [4.69, 9.17) is 4.74 Å². The Morgan fingerprint density at radius 3 is 2.40 bits per heavy atom. The van der Waals surface area contributed by atoms with Crippen molar-refractivity contribution >= 4 is 43.4 Å². The molecule has 25 heavy (non-hydrogen) atoms. The number of ether oxygens (including phenoxy) is 1. The van der Waals surface area contributed by atoms with Gasteiger partial charge in [0, 0.05) is 11.8 Å². The molecular formula is C22H23BrO2. The summed E-state index contributed by atoms with van der Waals surface area (Å²) < 4.78 is 5.52. The molecule has 0 heterocycles. The zero-order valence-electron chi connectivity index (χ0n) is 14.3. The second kappa shape index (κ2) is 9.00. The fraction of sp³-hybridized carbons (Fsp3) is 0.318. The minimum absolute atomic E-state index is 0.138. The van der Waals surface area contributed by atoms with E-state index in [0.29, 0.717) is 12.2 Å². The zero-order valence-corrected chi connectivity index (χ0v) is 15.9. The van der Waals surface area contributed by atoms with E-state index in [-0.39, 0.29) is 5.97 Å². The summed E-state index contributed by atoms with van der Waals surface area (Å²) in [5.74, 6) is 0.493. The minimum atomic E-state index is -0.138. The normalized spacial score (nSPS) is 11.1. The number of benzene rings is 3. The van der Waals surface area contributed by atoms with Crippen LogP contribution >= 0.6 is 15.9 Å². The topological polar surface area (TPSA) is 26.3 Å². The maximum atomic E-state index is 12.0. The number of unbranched alkanes of at least 4 members (excludes halogenated alkanes) is 4. The number of fused-ring (bicyclic) bond motifs is 3.